The molecule has 2 aromatic heterocycles. The molecule has 39 heavy (non-hydrogen) atoms. The molecular weight excluding hydrogens is 515 g/mol. The monoisotopic (exact) mass is 556 g/mol. The number of rotatable bonds is 8. The van der Waals surface area contributed by atoms with Crippen LogP contribution in [0.3, 0.4) is 0 Å². The fraction of sp³-hybridized carbons (Fsp3) is 0.533. The van der Waals surface area contributed by atoms with Gasteiger partial charge in [-0.15, -0.1) is 0 Å². The van der Waals surface area contributed by atoms with Crippen LogP contribution in [0.1, 0.15) is 76.8 Å². The van der Waals surface area contributed by atoms with E-state index in [4.69, 9.17) is 4.74 Å². The highest BCUT2D eigenvalue weighted by atomic mass is 32.2. The summed E-state index contributed by atoms with van der Waals surface area (Å²) in [6.45, 7) is 16.1. The lowest BCUT2D eigenvalue weighted by Gasteiger charge is -2.29. The number of pyridine rings is 1. The van der Waals surface area contributed by atoms with Gasteiger partial charge in [0.05, 0.1) is 11.2 Å². The lowest BCUT2D eigenvalue weighted by atomic mass is 9.80. The summed E-state index contributed by atoms with van der Waals surface area (Å²) in [6.07, 6.45) is 4.30. The van der Waals surface area contributed by atoms with Gasteiger partial charge in [0.1, 0.15) is 12.4 Å². The van der Waals surface area contributed by atoms with Crippen molar-refractivity contribution in [2.45, 2.75) is 84.3 Å². The zero-order chi connectivity index (χ0) is 28.8. The summed E-state index contributed by atoms with van der Waals surface area (Å²) in [5.41, 5.74) is 4.87. The lowest BCUT2D eigenvalue weighted by molar-refractivity contribution is 0.160. The second-order valence-electron chi connectivity index (χ2n) is 12.7. The molecule has 4 rings (SSSR count). The first-order chi connectivity index (χ1) is 18.1. The lowest BCUT2D eigenvalue weighted by Crippen LogP contribution is -2.38. The third-order valence-electron chi connectivity index (χ3n) is 7.02. The molecule has 1 aromatic carbocycles. The van der Waals surface area contributed by atoms with Gasteiger partial charge in [-0.2, -0.15) is 5.10 Å². The molecule has 0 bridgehead atoms. The molecule has 3 heterocycles. The van der Waals surface area contributed by atoms with Crippen molar-refractivity contribution in [2.24, 2.45) is 5.41 Å². The minimum atomic E-state index is -3.46. The molecule has 1 aliphatic rings. The molecule has 0 aliphatic carbocycles. The van der Waals surface area contributed by atoms with E-state index in [9.17, 15) is 12.8 Å². The average Bonchev–Trinajstić information content (AvgIpc) is 3.24. The van der Waals surface area contributed by atoms with Gasteiger partial charge >= 0.3 is 0 Å². The second kappa shape index (κ2) is 10.7. The highest BCUT2D eigenvalue weighted by Gasteiger charge is 2.33. The summed E-state index contributed by atoms with van der Waals surface area (Å²) in [7, 11) is -3.46. The summed E-state index contributed by atoms with van der Waals surface area (Å²) in [5.74, 6) is 0.340. The van der Waals surface area contributed by atoms with Gasteiger partial charge in [0.15, 0.2) is 14.9 Å². The van der Waals surface area contributed by atoms with Crippen LogP contribution in [0.4, 0.5) is 4.39 Å². The number of nitrogens with zero attached hydrogens (tertiary/aromatic N) is 3. The third kappa shape index (κ3) is 6.52. The maximum atomic E-state index is 14.8. The fourth-order valence-corrected chi connectivity index (χ4v) is 6.14. The van der Waals surface area contributed by atoms with Crippen LogP contribution in [0.5, 0.6) is 5.88 Å². The van der Waals surface area contributed by atoms with E-state index in [0.29, 0.717) is 25.4 Å². The molecule has 9 heteroatoms. The van der Waals surface area contributed by atoms with Gasteiger partial charge in [-0.3, -0.25) is 4.68 Å². The Morgan fingerprint density at radius 1 is 1.15 bits per heavy atom. The molecule has 0 atom stereocenters. The molecule has 0 spiro atoms. The maximum absolute atomic E-state index is 14.8. The number of fused-ring (bicyclic) bond motifs is 1. The molecule has 3 aromatic rings. The van der Waals surface area contributed by atoms with Gasteiger partial charge in [0.2, 0.25) is 5.88 Å². The predicted molar refractivity (Wildman–Crippen MR) is 152 cm³/mol. The number of halogens is 1. The molecule has 212 valence electrons. The van der Waals surface area contributed by atoms with Crippen molar-refractivity contribution in [2.75, 3.05) is 19.4 Å². The van der Waals surface area contributed by atoms with Gasteiger partial charge in [-0.05, 0) is 85.0 Å². The van der Waals surface area contributed by atoms with Crippen molar-refractivity contribution in [3.8, 4) is 17.0 Å². The normalized spacial score (nSPS) is 14.5. The standard InChI is InChI=1S/C30H41FN4O3S/c1-19(2)23-14-21(31)15-24(25(23)16-29(3,4)5)20-9-12-33-27(13-20)38-18-30(6,7)35-26-17-32-11-10-22(26)28(34-35)39(8,36)37/h9,12-15,19,32H,10-11,16-18H2,1-8H3. The van der Waals surface area contributed by atoms with Gasteiger partial charge in [-0.25, -0.2) is 17.8 Å². The van der Waals surface area contributed by atoms with E-state index in [1.165, 1.54) is 6.26 Å². The van der Waals surface area contributed by atoms with Gasteiger partial charge in [0, 0.05) is 30.6 Å². The van der Waals surface area contributed by atoms with Crippen molar-refractivity contribution in [1.82, 2.24) is 20.1 Å². The van der Waals surface area contributed by atoms with Gasteiger partial charge < -0.3 is 10.1 Å². The van der Waals surface area contributed by atoms with Crippen LogP contribution in [0.2, 0.25) is 0 Å². The maximum Gasteiger partial charge on any atom is 0.213 e. The van der Waals surface area contributed by atoms with E-state index >= 15 is 0 Å². The highest BCUT2D eigenvalue weighted by molar-refractivity contribution is 7.90. The second-order valence-corrected chi connectivity index (χ2v) is 14.7. The van der Waals surface area contributed by atoms with E-state index in [2.05, 4.69) is 50.0 Å². The zero-order valence-corrected chi connectivity index (χ0v) is 25.2. The highest BCUT2D eigenvalue weighted by Crippen LogP contribution is 2.37. The summed E-state index contributed by atoms with van der Waals surface area (Å²) in [6, 6.07) is 6.99. The minimum Gasteiger partial charge on any atom is -0.475 e. The number of ether oxygens (including phenoxy) is 1. The predicted octanol–water partition coefficient (Wildman–Crippen LogP) is 5.66. The molecule has 1 N–H and O–H groups in total. The first kappa shape index (κ1) is 29.2. The number of sulfone groups is 1. The van der Waals surface area contributed by atoms with Crippen molar-refractivity contribution in [1.29, 1.82) is 0 Å². The van der Waals surface area contributed by atoms with Crippen LogP contribution in [-0.2, 0) is 34.8 Å². The van der Waals surface area contributed by atoms with Crippen molar-refractivity contribution in [3.05, 3.63) is 58.7 Å². The molecule has 7 nitrogen and oxygen atoms in total. The molecule has 0 unspecified atom stereocenters. The number of nitrogens with one attached hydrogen (secondary N) is 1. The Hall–Kier alpha value is -2.78. The van der Waals surface area contributed by atoms with Crippen LogP contribution >= 0.6 is 0 Å². The summed E-state index contributed by atoms with van der Waals surface area (Å²) in [5, 5.41) is 8.00. The molecule has 1 aliphatic heterocycles. The number of hydrogen-bond acceptors (Lipinski definition) is 6. The molecular formula is C30H41FN4O3S. The van der Waals surface area contributed by atoms with Gasteiger partial charge in [0.25, 0.3) is 0 Å². The SMILES string of the molecule is CC(C)c1cc(F)cc(-c2ccnc(OCC(C)(C)n3nc(S(C)(=O)=O)c4c3CNCC4)c2)c1CC(C)(C)C. The largest absolute Gasteiger partial charge is 0.475 e. The summed E-state index contributed by atoms with van der Waals surface area (Å²) >= 11 is 0. The topological polar surface area (TPSA) is 86.1 Å². The summed E-state index contributed by atoms with van der Waals surface area (Å²) in [4.78, 5) is 4.42. The molecule has 0 radical (unpaired) electrons. The van der Waals surface area contributed by atoms with E-state index in [-0.39, 0.29) is 28.8 Å². The van der Waals surface area contributed by atoms with Crippen LogP contribution in [0.25, 0.3) is 11.1 Å². The minimum absolute atomic E-state index is 0.0230. The Balaban J connectivity index is 1.67. The van der Waals surface area contributed by atoms with Crippen LogP contribution in [0.15, 0.2) is 35.5 Å². The first-order valence-corrected chi connectivity index (χ1v) is 15.4. The third-order valence-corrected chi connectivity index (χ3v) is 8.05. The number of aromatic nitrogens is 3. The average molecular weight is 557 g/mol. The number of benzene rings is 1. The quantitative estimate of drug-likeness (QED) is 0.385. The first-order valence-electron chi connectivity index (χ1n) is 13.5. The van der Waals surface area contributed by atoms with Crippen molar-refractivity contribution >= 4 is 9.84 Å². The Labute approximate surface area is 232 Å². The number of hydrogen-bond donors (Lipinski definition) is 1. The molecule has 0 amide bonds. The van der Waals surface area contributed by atoms with E-state index < -0.39 is 15.4 Å². The molecule has 0 saturated carbocycles. The Bertz CT molecular complexity index is 1470. The van der Waals surface area contributed by atoms with Crippen molar-refractivity contribution < 1.29 is 17.5 Å². The van der Waals surface area contributed by atoms with Crippen LogP contribution < -0.4 is 10.1 Å². The van der Waals surface area contributed by atoms with Gasteiger partial charge in [-0.1, -0.05) is 34.6 Å². The van der Waals surface area contributed by atoms with Crippen LogP contribution in [-0.4, -0.2) is 42.6 Å². The van der Waals surface area contributed by atoms with E-state index in [1.54, 1.807) is 23.0 Å². The van der Waals surface area contributed by atoms with Crippen molar-refractivity contribution in [3.63, 3.8) is 0 Å². The van der Waals surface area contributed by atoms with Crippen LogP contribution in [0, 0.1) is 11.2 Å². The summed E-state index contributed by atoms with van der Waals surface area (Å²) < 4.78 is 47.6. The Kier molecular flexibility index (Phi) is 7.98. The molecule has 0 fully saturated rings. The van der Waals surface area contributed by atoms with E-state index in [1.807, 2.05) is 26.0 Å². The molecule has 0 saturated heterocycles. The zero-order valence-electron chi connectivity index (χ0n) is 24.4. The van der Waals surface area contributed by atoms with E-state index in [0.717, 1.165) is 39.9 Å². The smallest absolute Gasteiger partial charge is 0.213 e. The Morgan fingerprint density at radius 2 is 1.87 bits per heavy atom. The fourth-order valence-electron chi connectivity index (χ4n) is 5.24. The Morgan fingerprint density at radius 3 is 2.51 bits per heavy atom.